The number of aryl methyl sites for hydroxylation is 1. The highest BCUT2D eigenvalue weighted by Gasteiger charge is 2.48. The molecule has 53 heavy (non-hydrogen) atoms. The van der Waals surface area contributed by atoms with Crippen molar-refractivity contribution in [3.05, 3.63) is 95.6 Å². The summed E-state index contributed by atoms with van der Waals surface area (Å²) in [4.78, 5) is 69.3. The molecule has 0 aromatic heterocycles. The van der Waals surface area contributed by atoms with Gasteiger partial charge in [0.2, 0.25) is 17.7 Å². The highest BCUT2D eigenvalue weighted by atomic mass is 16.5. The molecule has 4 amide bonds. The van der Waals surface area contributed by atoms with Crippen LogP contribution in [0.2, 0.25) is 0 Å². The number of rotatable bonds is 17. The smallest absolute Gasteiger partial charge is 0.326 e. The van der Waals surface area contributed by atoms with Gasteiger partial charge in [0, 0.05) is 38.4 Å². The molecule has 2 fully saturated rings. The zero-order chi connectivity index (χ0) is 38.0. The molecule has 2 aliphatic rings. The number of carboxylic acid groups (broad SMARTS) is 1. The summed E-state index contributed by atoms with van der Waals surface area (Å²) in [5.74, 6) is -1.15. The van der Waals surface area contributed by atoms with Crippen molar-refractivity contribution in [2.75, 3.05) is 18.6 Å². The van der Waals surface area contributed by atoms with E-state index in [1.165, 1.54) is 6.92 Å². The van der Waals surface area contributed by atoms with E-state index >= 15 is 0 Å². The number of nitrogens with one attached hydrogen (secondary N) is 2. The first-order valence-corrected chi connectivity index (χ1v) is 18.7. The molecule has 1 unspecified atom stereocenters. The third-order valence-corrected chi connectivity index (χ3v) is 10.6. The molecule has 11 heteroatoms. The third kappa shape index (κ3) is 9.63. The monoisotopic (exact) mass is 724 g/mol. The highest BCUT2D eigenvalue weighted by molar-refractivity contribution is 6.03. The van der Waals surface area contributed by atoms with Crippen LogP contribution in [0.1, 0.15) is 81.9 Å². The minimum absolute atomic E-state index is 0.0513. The van der Waals surface area contributed by atoms with Crippen LogP contribution in [0.25, 0.3) is 0 Å². The SMILES string of the molecule is CCCC(=O)N1[C@H](Cc2ccc(OC)cc2)C(=O)N(c2ccc(CC(NC(=O)C3(CCNC(C)=O)CCCC3)C(=O)O)cc2)[C@H]1CCc1ccccc1. The van der Waals surface area contributed by atoms with Crippen LogP contribution in [0.15, 0.2) is 78.9 Å². The molecule has 1 heterocycles. The molecule has 282 valence electrons. The predicted molar refractivity (Wildman–Crippen MR) is 202 cm³/mol. The van der Waals surface area contributed by atoms with Gasteiger partial charge in [-0.1, -0.05) is 74.4 Å². The van der Waals surface area contributed by atoms with E-state index in [1.54, 1.807) is 41.2 Å². The van der Waals surface area contributed by atoms with Crippen molar-refractivity contribution in [2.24, 2.45) is 5.41 Å². The molecule has 3 N–H and O–H groups in total. The average molecular weight is 725 g/mol. The summed E-state index contributed by atoms with van der Waals surface area (Å²) < 4.78 is 5.33. The van der Waals surface area contributed by atoms with Crippen molar-refractivity contribution in [1.82, 2.24) is 15.5 Å². The minimum Gasteiger partial charge on any atom is -0.497 e. The molecule has 3 aromatic carbocycles. The van der Waals surface area contributed by atoms with Crippen LogP contribution in [0, 0.1) is 5.41 Å². The van der Waals surface area contributed by atoms with Crippen LogP contribution < -0.4 is 20.3 Å². The lowest BCUT2D eigenvalue weighted by Gasteiger charge is -2.32. The topological polar surface area (TPSA) is 145 Å². The maximum Gasteiger partial charge on any atom is 0.326 e. The number of methoxy groups -OCH3 is 1. The van der Waals surface area contributed by atoms with Gasteiger partial charge < -0.3 is 25.4 Å². The van der Waals surface area contributed by atoms with Crippen molar-refractivity contribution in [3.8, 4) is 5.75 Å². The van der Waals surface area contributed by atoms with Crippen molar-refractivity contribution in [3.63, 3.8) is 0 Å². The quantitative estimate of drug-likeness (QED) is 0.168. The van der Waals surface area contributed by atoms with E-state index in [1.807, 2.05) is 61.5 Å². The highest BCUT2D eigenvalue weighted by Crippen LogP contribution is 2.41. The third-order valence-electron chi connectivity index (χ3n) is 10.6. The van der Waals surface area contributed by atoms with Crippen molar-refractivity contribution >= 4 is 35.3 Å². The first-order chi connectivity index (χ1) is 25.5. The lowest BCUT2D eigenvalue weighted by atomic mass is 9.81. The molecule has 11 nitrogen and oxygen atoms in total. The van der Waals surface area contributed by atoms with Crippen LogP contribution in [-0.4, -0.2) is 71.5 Å². The van der Waals surface area contributed by atoms with E-state index < -0.39 is 29.6 Å². The molecule has 1 aliphatic carbocycles. The van der Waals surface area contributed by atoms with Crippen LogP contribution in [0.3, 0.4) is 0 Å². The predicted octanol–water partition coefficient (Wildman–Crippen LogP) is 5.44. The summed E-state index contributed by atoms with van der Waals surface area (Å²) in [6.45, 7) is 3.74. The number of anilines is 1. The maximum atomic E-state index is 14.5. The van der Waals surface area contributed by atoms with Gasteiger partial charge in [-0.2, -0.15) is 0 Å². The zero-order valence-electron chi connectivity index (χ0n) is 31.0. The molecule has 1 saturated carbocycles. The Labute approximate surface area is 312 Å². The fraction of sp³-hybridized carbons (Fsp3) is 0.452. The standard InChI is InChI=1S/C42H52N4O7/c1-4-10-38(48)46-36(28-32-15-20-34(53-3)21-16-32)39(49)45(37(46)22-17-30-11-6-5-7-12-30)33-18-13-31(14-19-33)27-35(40(50)51)44-41(52)42(23-8-9-24-42)25-26-43-29(2)47/h5-7,11-16,18-21,35-37H,4,8-10,17,22-28H2,1-3H3,(H,43,47)(H,44,52)(H,50,51)/t35?,36-,37-/m1/s1. The van der Waals surface area contributed by atoms with Crippen LogP contribution in [0.5, 0.6) is 5.75 Å². The molecule has 1 saturated heterocycles. The normalized spacial score (nSPS) is 18.4. The van der Waals surface area contributed by atoms with Crippen molar-refractivity contribution in [2.45, 2.75) is 103 Å². The van der Waals surface area contributed by atoms with Gasteiger partial charge in [0.15, 0.2) is 0 Å². The Kier molecular flexibility index (Phi) is 13.3. The number of benzene rings is 3. The zero-order valence-corrected chi connectivity index (χ0v) is 31.0. The fourth-order valence-electron chi connectivity index (χ4n) is 7.78. The number of amides is 4. The number of ether oxygens (including phenoxy) is 1. The summed E-state index contributed by atoms with van der Waals surface area (Å²) in [5.41, 5.74) is 2.60. The molecular weight excluding hydrogens is 672 g/mol. The van der Waals surface area contributed by atoms with Crippen LogP contribution in [0.4, 0.5) is 5.69 Å². The first kappa shape index (κ1) is 39.0. The Bertz CT molecular complexity index is 1720. The van der Waals surface area contributed by atoms with E-state index in [2.05, 4.69) is 10.6 Å². The molecule has 0 bridgehead atoms. The number of hydrogen-bond donors (Lipinski definition) is 3. The largest absolute Gasteiger partial charge is 0.497 e. The Hall–Kier alpha value is -5.19. The fourth-order valence-corrected chi connectivity index (χ4v) is 7.78. The van der Waals surface area contributed by atoms with Gasteiger partial charge in [0.25, 0.3) is 5.91 Å². The maximum absolute atomic E-state index is 14.5. The molecule has 3 aromatic rings. The molecule has 3 atom stereocenters. The molecular formula is C42H52N4O7. The lowest BCUT2D eigenvalue weighted by Crippen LogP contribution is -2.49. The van der Waals surface area contributed by atoms with E-state index in [0.29, 0.717) is 74.9 Å². The van der Waals surface area contributed by atoms with Crippen LogP contribution >= 0.6 is 0 Å². The number of carbonyl (C=O) groups is 5. The number of carboxylic acids is 1. The van der Waals surface area contributed by atoms with Crippen molar-refractivity contribution < 1.29 is 33.8 Å². The van der Waals surface area contributed by atoms with Gasteiger partial charge in [-0.15, -0.1) is 0 Å². The summed E-state index contributed by atoms with van der Waals surface area (Å²) in [6, 6.07) is 22.8. The Morgan fingerprint density at radius 2 is 1.58 bits per heavy atom. The Morgan fingerprint density at radius 1 is 0.925 bits per heavy atom. The van der Waals surface area contributed by atoms with Gasteiger partial charge in [-0.25, -0.2) is 4.79 Å². The van der Waals surface area contributed by atoms with Crippen LogP contribution in [-0.2, 0) is 43.2 Å². The number of aliphatic carboxylic acids is 1. The minimum atomic E-state index is -1.16. The Morgan fingerprint density at radius 3 is 2.19 bits per heavy atom. The van der Waals surface area contributed by atoms with E-state index in [9.17, 15) is 29.1 Å². The van der Waals surface area contributed by atoms with E-state index in [-0.39, 0.29) is 30.0 Å². The summed E-state index contributed by atoms with van der Waals surface area (Å²) in [7, 11) is 1.60. The summed E-state index contributed by atoms with van der Waals surface area (Å²) in [6.07, 6.45) is 5.51. The second-order valence-corrected chi connectivity index (χ2v) is 14.3. The van der Waals surface area contributed by atoms with Gasteiger partial charge in [0.1, 0.15) is 24.0 Å². The van der Waals surface area contributed by atoms with Gasteiger partial charge in [0.05, 0.1) is 12.5 Å². The molecule has 0 radical (unpaired) electrons. The van der Waals surface area contributed by atoms with E-state index in [0.717, 1.165) is 24.0 Å². The van der Waals surface area contributed by atoms with Gasteiger partial charge in [-0.3, -0.25) is 24.1 Å². The number of hydrogen-bond acceptors (Lipinski definition) is 6. The number of carbonyl (C=O) groups excluding carboxylic acids is 4. The second kappa shape index (κ2) is 18.0. The summed E-state index contributed by atoms with van der Waals surface area (Å²) >= 11 is 0. The lowest BCUT2D eigenvalue weighted by molar-refractivity contribution is -0.144. The first-order valence-electron chi connectivity index (χ1n) is 18.7. The summed E-state index contributed by atoms with van der Waals surface area (Å²) in [5, 5.41) is 15.7. The Balaban J connectivity index is 1.39. The second-order valence-electron chi connectivity index (χ2n) is 14.3. The number of nitrogens with zero attached hydrogens (tertiary/aromatic N) is 2. The van der Waals surface area contributed by atoms with Gasteiger partial charge in [-0.05, 0) is 79.5 Å². The van der Waals surface area contributed by atoms with E-state index in [4.69, 9.17) is 4.74 Å². The van der Waals surface area contributed by atoms with Gasteiger partial charge >= 0.3 is 5.97 Å². The average Bonchev–Trinajstić information content (AvgIpc) is 3.74. The molecule has 1 aliphatic heterocycles. The van der Waals surface area contributed by atoms with Crippen molar-refractivity contribution in [1.29, 1.82) is 0 Å². The molecule has 0 spiro atoms. The molecule has 5 rings (SSSR count).